The number of aryl methyl sites for hydroxylation is 2. The van der Waals surface area contributed by atoms with Crippen molar-refractivity contribution in [2.24, 2.45) is 0 Å². The summed E-state index contributed by atoms with van der Waals surface area (Å²) in [5.74, 6) is -2.86. The first-order valence-corrected chi connectivity index (χ1v) is 16.1. The summed E-state index contributed by atoms with van der Waals surface area (Å²) in [6.45, 7) is 4.37. The predicted molar refractivity (Wildman–Crippen MR) is 195 cm³/mol. The van der Waals surface area contributed by atoms with Crippen molar-refractivity contribution < 1.29 is 19.2 Å². The van der Waals surface area contributed by atoms with Gasteiger partial charge in [-0.1, -0.05) is 120 Å². The average molecular weight is 671 g/mol. The molecule has 0 bridgehead atoms. The Kier molecular flexibility index (Phi) is 9.20. The van der Waals surface area contributed by atoms with Gasteiger partial charge in [-0.3, -0.25) is 29.0 Å². The normalized spacial score (nSPS) is 17.0. The second-order valence-corrected chi connectivity index (χ2v) is 12.1. The van der Waals surface area contributed by atoms with Crippen LogP contribution in [0.4, 0.5) is 11.4 Å². The number of thiocarbonyl (C=S) groups is 2. The van der Waals surface area contributed by atoms with Gasteiger partial charge in [0.2, 0.25) is 0 Å². The number of carbonyl (C=O) groups excluding carboxylic acids is 4. The van der Waals surface area contributed by atoms with E-state index in [2.05, 4.69) is 10.6 Å². The lowest BCUT2D eigenvalue weighted by Gasteiger charge is -2.19. The molecule has 4 aromatic carbocycles. The van der Waals surface area contributed by atoms with Gasteiger partial charge in [0.25, 0.3) is 11.6 Å². The molecule has 0 aliphatic carbocycles. The molecule has 2 aliphatic rings. The Bertz CT molecular complexity index is 1890. The minimum Gasteiger partial charge on any atom is -0.382 e. The summed E-state index contributed by atoms with van der Waals surface area (Å²) in [7, 11) is 0. The largest absolute Gasteiger partial charge is 0.382 e. The van der Waals surface area contributed by atoms with Crippen LogP contribution in [0.1, 0.15) is 22.3 Å². The lowest BCUT2D eigenvalue weighted by molar-refractivity contribution is -0.132. The zero-order valence-electron chi connectivity index (χ0n) is 26.2. The summed E-state index contributed by atoms with van der Waals surface area (Å²) in [4.78, 5) is 56.1. The van der Waals surface area contributed by atoms with Crippen LogP contribution in [-0.2, 0) is 19.2 Å². The fourth-order valence-corrected chi connectivity index (χ4v) is 6.34. The number of rotatable bonds is 9. The van der Waals surface area contributed by atoms with Gasteiger partial charge >= 0.3 is 11.8 Å². The minimum atomic E-state index is -0.723. The van der Waals surface area contributed by atoms with Crippen molar-refractivity contribution >= 4 is 80.6 Å². The molecule has 2 saturated heterocycles. The van der Waals surface area contributed by atoms with Crippen molar-refractivity contribution in [2.75, 3.05) is 22.9 Å². The summed E-state index contributed by atoms with van der Waals surface area (Å²) >= 11 is 11.5. The second kappa shape index (κ2) is 13.6. The van der Waals surface area contributed by atoms with Crippen LogP contribution >= 0.6 is 24.4 Å². The van der Waals surface area contributed by atoms with Crippen LogP contribution in [0.3, 0.4) is 0 Å². The summed E-state index contributed by atoms with van der Waals surface area (Å²) in [5, 5.41) is 6.64. The molecule has 0 unspecified atom stereocenters. The van der Waals surface area contributed by atoms with Gasteiger partial charge in [0.15, 0.2) is 0 Å². The summed E-state index contributed by atoms with van der Waals surface area (Å²) in [6, 6.07) is 32.8. The van der Waals surface area contributed by atoms with E-state index in [1.165, 1.54) is 9.80 Å². The van der Waals surface area contributed by atoms with E-state index in [1.807, 2.05) is 98.8 Å². The van der Waals surface area contributed by atoms with E-state index in [0.717, 1.165) is 11.1 Å². The number of carbonyl (C=O) groups is 4. The van der Waals surface area contributed by atoms with Gasteiger partial charge in [0.05, 0.1) is 33.9 Å². The molecule has 0 atom stereocenters. The number of anilines is 2. The van der Waals surface area contributed by atoms with E-state index in [4.69, 9.17) is 24.4 Å². The Morgan fingerprint density at radius 3 is 1.19 bits per heavy atom. The lowest BCUT2D eigenvalue weighted by Crippen LogP contribution is -2.30. The number of amides is 2. The highest BCUT2D eigenvalue weighted by Gasteiger charge is 2.43. The molecule has 48 heavy (non-hydrogen) atoms. The molecule has 8 nitrogen and oxygen atoms in total. The first-order chi connectivity index (χ1) is 23.2. The summed E-state index contributed by atoms with van der Waals surface area (Å²) < 4.78 is 0. The number of hydrogen-bond donors (Lipinski definition) is 2. The van der Waals surface area contributed by atoms with E-state index >= 15 is 0 Å². The molecule has 2 N–H and O–H groups in total. The van der Waals surface area contributed by atoms with Gasteiger partial charge in [0, 0.05) is 13.1 Å². The zero-order chi connectivity index (χ0) is 33.9. The van der Waals surface area contributed by atoms with E-state index in [0.29, 0.717) is 33.9 Å². The van der Waals surface area contributed by atoms with E-state index in [9.17, 15) is 19.2 Å². The number of nitrogens with zero attached hydrogens (tertiary/aromatic N) is 2. The van der Waals surface area contributed by atoms with Crippen molar-refractivity contribution in [3.05, 3.63) is 143 Å². The number of nitrogens with one attached hydrogen (secondary N) is 2. The Balaban J connectivity index is 1.31. The Labute approximate surface area is 288 Å². The van der Waals surface area contributed by atoms with Crippen LogP contribution in [0.5, 0.6) is 0 Å². The van der Waals surface area contributed by atoms with Crippen LogP contribution in [0.2, 0.25) is 0 Å². The monoisotopic (exact) mass is 670 g/mol. The highest BCUT2D eigenvalue weighted by atomic mass is 32.1. The third-order valence-electron chi connectivity index (χ3n) is 8.02. The Hall–Kier alpha value is -5.58. The molecule has 0 radical (unpaired) electrons. The summed E-state index contributed by atoms with van der Waals surface area (Å²) in [6.07, 6.45) is 0. The number of ketones is 2. The van der Waals surface area contributed by atoms with E-state index < -0.39 is 23.4 Å². The van der Waals surface area contributed by atoms with Gasteiger partial charge in [0.1, 0.15) is 9.98 Å². The van der Waals surface area contributed by atoms with Crippen molar-refractivity contribution in [3.63, 3.8) is 0 Å². The molecular formula is C38H30N4O4S2. The van der Waals surface area contributed by atoms with Crippen molar-refractivity contribution in [3.8, 4) is 0 Å². The first-order valence-electron chi connectivity index (χ1n) is 15.2. The standard InChI is InChI=1S/C38H30N4O4S2/c1-23-13-17-27(18-14-23)41-35(45)33(43)29(37(41)47)31(25-9-5-3-6-10-25)39-21-22-40-32(26-11-7-4-8-12-26)30-34(44)36(46)42(38(30)48)28-19-15-24(2)16-20-28/h3-20,39-40H,21-22H2,1-2H3/b31-29-,32-30-. The zero-order valence-corrected chi connectivity index (χ0v) is 27.8. The first kappa shape index (κ1) is 32.4. The second-order valence-electron chi connectivity index (χ2n) is 11.3. The summed E-state index contributed by atoms with van der Waals surface area (Å²) in [5.41, 5.74) is 5.44. The maximum atomic E-state index is 13.5. The van der Waals surface area contributed by atoms with Gasteiger partial charge in [-0.15, -0.1) is 0 Å². The Morgan fingerprint density at radius 1 is 0.521 bits per heavy atom. The van der Waals surface area contributed by atoms with Crippen LogP contribution in [0.25, 0.3) is 11.4 Å². The number of hydrogen-bond acceptors (Lipinski definition) is 8. The smallest absolute Gasteiger partial charge is 0.304 e. The molecule has 2 fully saturated rings. The molecular weight excluding hydrogens is 641 g/mol. The fraction of sp³-hybridized carbons (Fsp3) is 0.105. The molecule has 2 aliphatic heterocycles. The molecule has 0 aromatic heterocycles. The van der Waals surface area contributed by atoms with Crippen LogP contribution in [0, 0.1) is 13.8 Å². The van der Waals surface area contributed by atoms with Crippen LogP contribution in [0.15, 0.2) is 120 Å². The number of Topliss-reactive ketones (excluding diaryl/α,β-unsaturated/α-hetero) is 2. The molecule has 0 spiro atoms. The third kappa shape index (κ3) is 6.11. The van der Waals surface area contributed by atoms with Gasteiger partial charge in [-0.25, -0.2) is 0 Å². The minimum absolute atomic E-state index is 0.106. The van der Waals surface area contributed by atoms with Crippen molar-refractivity contribution in [1.29, 1.82) is 0 Å². The molecule has 2 amide bonds. The number of benzene rings is 4. The van der Waals surface area contributed by atoms with Gasteiger partial charge in [-0.2, -0.15) is 0 Å². The van der Waals surface area contributed by atoms with Crippen LogP contribution < -0.4 is 20.4 Å². The SMILES string of the molecule is Cc1ccc(N2C(=O)C(=O)/C(=C(/NCCN/C(=C3/C(=O)C(=O)N(c4ccc(C)cc4)C3=S)c3ccccc3)c3ccccc3)C2=S)cc1. The highest BCUT2D eigenvalue weighted by molar-refractivity contribution is 7.81. The Morgan fingerprint density at radius 2 is 0.854 bits per heavy atom. The lowest BCUT2D eigenvalue weighted by atomic mass is 10.0. The molecule has 4 aromatic rings. The molecule has 0 saturated carbocycles. The van der Waals surface area contributed by atoms with Gasteiger partial charge < -0.3 is 10.6 Å². The fourth-order valence-electron chi connectivity index (χ4n) is 5.57. The maximum absolute atomic E-state index is 13.5. The average Bonchev–Trinajstić information content (AvgIpc) is 3.45. The van der Waals surface area contributed by atoms with Gasteiger partial charge in [-0.05, 0) is 49.2 Å². The highest BCUT2D eigenvalue weighted by Crippen LogP contribution is 2.31. The molecule has 2 heterocycles. The molecule has 10 heteroatoms. The van der Waals surface area contributed by atoms with Crippen molar-refractivity contribution in [1.82, 2.24) is 10.6 Å². The van der Waals surface area contributed by atoms with Crippen molar-refractivity contribution in [2.45, 2.75) is 13.8 Å². The predicted octanol–water partition coefficient (Wildman–Crippen LogP) is 5.49. The quantitative estimate of drug-likeness (QED) is 0.104. The third-order valence-corrected chi connectivity index (χ3v) is 8.79. The van der Waals surface area contributed by atoms with E-state index in [-0.39, 0.29) is 34.2 Å². The van der Waals surface area contributed by atoms with E-state index in [1.54, 1.807) is 24.3 Å². The molecule has 6 rings (SSSR count). The maximum Gasteiger partial charge on any atom is 0.304 e. The molecule has 238 valence electrons. The van der Waals surface area contributed by atoms with Crippen LogP contribution in [-0.4, -0.2) is 46.4 Å². The topological polar surface area (TPSA) is 98.8 Å².